The maximum Gasteiger partial charge on any atom is 0.0603 e. The third-order valence-electron chi connectivity index (χ3n) is 2.58. The normalized spacial score (nSPS) is 12.5. The molecule has 0 bridgehead atoms. The Morgan fingerprint density at radius 1 is 1.21 bits per heavy atom. The highest BCUT2D eigenvalue weighted by molar-refractivity contribution is 6.56. The lowest BCUT2D eigenvalue weighted by Gasteiger charge is -2.23. The minimum atomic E-state index is -0.159. The van der Waals surface area contributed by atoms with E-state index in [1.807, 2.05) is 0 Å². The Bertz CT molecular complexity index is 256. The maximum atomic E-state index is 5.54. The minimum absolute atomic E-state index is 0.159. The van der Waals surface area contributed by atoms with E-state index in [4.69, 9.17) is 5.73 Å². The summed E-state index contributed by atoms with van der Waals surface area (Å²) >= 11 is 0. The zero-order valence-electron chi connectivity index (χ0n) is 9.29. The number of benzene rings is 1. The number of rotatable bonds is 5. The summed E-state index contributed by atoms with van der Waals surface area (Å²) in [6, 6.07) is 10.9. The van der Waals surface area contributed by atoms with Gasteiger partial charge in [0.1, 0.15) is 0 Å². The predicted molar refractivity (Wildman–Crippen MR) is 66.9 cm³/mol. The highest BCUT2D eigenvalue weighted by Crippen LogP contribution is 2.28. The van der Waals surface area contributed by atoms with Gasteiger partial charge in [-0.25, -0.2) is 0 Å². The highest BCUT2D eigenvalue weighted by atomic mass is 28.2. The smallest absolute Gasteiger partial charge is 0.0603 e. The lowest BCUT2D eigenvalue weighted by atomic mass is 10.1. The van der Waals surface area contributed by atoms with Crippen molar-refractivity contribution >= 4 is 14.7 Å². The molecule has 1 aromatic carbocycles. The summed E-state index contributed by atoms with van der Waals surface area (Å²) in [7, 11) is -0.159. The van der Waals surface area contributed by atoms with E-state index in [2.05, 4.69) is 44.2 Å². The van der Waals surface area contributed by atoms with Gasteiger partial charge in [-0.2, -0.15) is 0 Å². The zero-order chi connectivity index (χ0) is 10.4. The Hall–Kier alpha value is -0.603. The first kappa shape index (κ1) is 11.5. The second-order valence-electron chi connectivity index (χ2n) is 4.72. The first-order chi connectivity index (χ1) is 6.64. The summed E-state index contributed by atoms with van der Waals surface area (Å²) in [6.45, 7) is 5.58. The summed E-state index contributed by atoms with van der Waals surface area (Å²) < 4.78 is 0. The lowest BCUT2D eigenvalue weighted by molar-refractivity contribution is 0.579. The van der Waals surface area contributed by atoms with Crippen molar-refractivity contribution in [1.29, 1.82) is 0 Å². The van der Waals surface area contributed by atoms with Crippen LogP contribution in [0.2, 0.25) is 5.04 Å². The van der Waals surface area contributed by atoms with Crippen LogP contribution in [0.25, 0.3) is 0 Å². The number of hydrogen-bond donors (Lipinski definition) is 1. The van der Waals surface area contributed by atoms with E-state index in [1.54, 1.807) is 5.19 Å². The van der Waals surface area contributed by atoms with Crippen molar-refractivity contribution in [2.24, 2.45) is 5.73 Å². The Labute approximate surface area is 89.5 Å². The summed E-state index contributed by atoms with van der Waals surface area (Å²) in [6.07, 6.45) is 2.43. The van der Waals surface area contributed by atoms with Crippen molar-refractivity contribution in [1.82, 2.24) is 0 Å². The van der Waals surface area contributed by atoms with E-state index in [0.29, 0.717) is 5.04 Å². The SMILES string of the molecule is CC(C)(CCCN)[SiH2]c1ccccc1. The number of hydrogen-bond acceptors (Lipinski definition) is 1. The van der Waals surface area contributed by atoms with Crippen LogP contribution in [-0.2, 0) is 0 Å². The van der Waals surface area contributed by atoms with Crippen molar-refractivity contribution in [3.8, 4) is 0 Å². The van der Waals surface area contributed by atoms with Crippen LogP contribution < -0.4 is 10.9 Å². The van der Waals surface area contributed by atoms with Crippen LogP contribution in [0.3, 0.4) is 0 Å². The van der Waals surface area contributed by atoms with Crippen LogP contribution in [0.1, 0.15) is 26.7 Å². The first-order valence-electron chi connectivity index (χ1n) is 5.38. The van der Waals surface area contributed by atoms with Gasteiger partial charge in [0.2, 0.25) is 0 Å². The molecule has 0 aliphatic carbocycles. The van der Waals surface area contributed by atoms with Gasteiger partial charge < -0.3 is 5.73 Å². The molecule has 1 aromatic rings. The fourth-order valence-corrected chi connectivity index (χ4v) is 3.86. The molecular weight excluding hydrogens is 186 g/mol. The molecular formula is C12H21NSi. The Morgan fingerprint density at radius 2 is 1.86 bits per heavy atom. The molecule has 2 heteroatoms. The van der Waals surface area contributed by atoms with Gasteiger partial charge in [-0.05, 0) is 24.4 Å². The third kappa shape index (κ3) is 4.07. The van der Waals surface area contributed by atoms with Gasteiger partial charge in [0.25, 0.3) is 0 Å². The largest absolute Gasteiger partial charge is 0.330 e. The topological polar surface area (TPSA) is 26.0 Å². The molecule has 0 fully saturated rings. The van der Waals surface area contributed by atoms with Crippen LogP contribution in [-0.4, -0.2) is 16.1 Å². The minimum Gasteiger partial charge on any atom is -0.330 e. The number of nitrogens with two attached hydrogens (primary N) is 1. The zero-order valence-corrected chi connectivity index (χ0v) is 10.7. The Balaban J connectivity index is 2.50. The standard InChI is InChI=1S/C12H21NSi/c1-12(2,9-6-10-13)14-11-7-4-3-5-8-11/h3-5,7-8H,6,9-10,13-14H2,1-2H3. The highest BCUT2D eigenvalue weighted by Gasteiger charge is 2.17. The van der Waals surface area contributed by atoms with E-state index >= 15 is 0 Å². The molecule has 0 heterocycles. The van der Waals surface area contributed by atoms with Crippen molar-refractivity contribution < 1.29 is 0 Å². The third-order valence-corrected chi connectivity index (χ3v) is 4.77. The first-order valence-corrected chi connectivity index (χ1v) is 6.79. The quantitative estimate of drug-likeness (QED) is 0.726. The van der Waals surface area contributed by atoms with E-state index in [-0.39, 0.29) is 9.52 Å². The summed E-state index contributed by atoms with van der Waals surface area (Å²) in [5, 5.41) is 2.08. The van der Waals surface area contributed by atoms with Gasteiger partial charge in [-0.15, -0.1) is 0 Å². The lowest BCUT2D eigenvalue weighted by Crippen LogP contribution is -2.25. The average Bonchev–Trinajstić information content (AvgIpc) is 2.16. The molecule has 2 N–H and O–H groups in total. The molecule has 14 heavy (non-hydrogen) atoms. The second-order valence-corrected chi connectivity index (χ2v) is 7.80. The molecule has 1 rings (SSSR count). The molecule has 0 unspecified atom stereocenters. The van der Waals surface area contributed by atoms with Gasteiger partial charge in [0, 0.05) is 0 Å². The van der Waals surface area contributed by atoms with Crippen LogP contribution in [0.4, 0.5) is 0 Å². The molecule has 0 radical (unpaired) electrons. The van der Waals surface area contributed by atoms with Crippen LogP contribution in [0.5, 0.6) is 0 Å². The van der Waals surface area contributed by atoms with Gasteiger partial charge in [-0.1, -0.05) is 49.4 Å². The molecule has 0 saturated carbocycles. The second kappa shape index (κ2) is 5.32. The van der Waals surface area contributed by atoms with Crippen molar-refractivity contribution in [2.75, 3.05) is 6.54 Å². The van der Waals surface area contributed by atoms with Crippen LogP contribution in [0, 0.1) is 0 Å². The monoisotopic (exact) mass is 207 g/mol. The van der Waals surface area contributed by atoms with Gasteiger partial charge in [0.05, 0.1) is 9.52 Å². The predicted octanol–water partition coefficient (Wildman–Crippen LogP) is 1.42. The molecule has 78 valence electrons. The summed E-state index contributed by atoms with van der Waals surface area (Å²) in [4.78, 5) is 0. The molecule has 0 saturated heterocycles. The van der Waals surface area contributed by atoms with Gasteiger partial charge in [-0.3, -0.25) is 0 Å². The maximum absolute atomic E-state index is 5.54. The van der Waals surface area contributed by atoms with Crippen LogP contribution >= 0.6 is 0 Å². The molecule has 0 aromatic heterocycles. The molecule has 0 aliphatic heterocycles. The molecule has 0 spiro atoms. The van der Waals surface area contributed by atoms with Gasteiger partial charge >= 0.3 is 0 Å². The van der Waals surface area contributed by atoms with E-state index in [0.717, 1.165) is 13.0 Å². The Kier molecular flexibility index (Phi) is 4.36. The van der Waals surface area contributed by atoms with E-state index in [9.17, 15) is 0 Å². The molecule has 1 nitrogen and oxygen atoms in total. The summed E-state index contributed by atoms with van der Waals surface area (Å²) in [5.41, 5.74) is 5.54. The van der Waals surface area contributed by atoms with Gasteiger partial charge in [0.15, 0.2) is 0 Å². The van der Waals surface area contributed by atoms with Crippen LogP contribution in [0.15, 0.2) is 30.3 Å². The molecule has 0 atom stereocenters. The fourth-order valence-electron chi connectivity index (χ4n) is 1.82. The average molecular weight is 207 g/mol. The molecule has 0 amide bonds. The van der Waals surface area contributed by atoms with E-state index < -0.39 is 0 Å². The van der Waals surface area contributed by atoms with Crippen molar-refractivity contribution in [2.45, 2.75) is 31.7 Å². The fraction of sp³-hybridized carbons (Fsp3) is 0.500. The van der Waals surface area contributed by atoms with Crippen molar-refractivity contribution in [3.05, 3.63) is 30.3 Å². The molecule has 0 aliphatic rings. The van der Waals surface area contributed by atoms with E-state index in [1.165, 1.54) is 6.42 Å². The Morgan fingerprint density at radius 3 is 2.43 bits per heavy atom. The summed E-state index contributed by atoms with van der Waals surface area (Å²) in [5.74, 6) is 0. The van der Waals surface area contributed by atoms with Crippen molar-refractivity contribution in [3.63, 3.8) is 0 Å².